The maximum Gasteiger partial charge on any atom is 0.135 e. The molecule has 0 atom stereocenters. The number of terminal acetylenes is 1. The number of hydrogen-bond donors (Lipinski definition) is 0. The summed E-state index contributed by atoms with van der Waals surface area (Å²) in [5, 5.41) is 7.78. The third-order valence-corrected chi connectivity index (χ3v) is 1.37. The average molecular weight is 144 g/mol. The zero-order valence-electron chi connectivity index (χ0n) is 6.54. The van der Waals surface area contributed by atoms with Gasteiger partial charge in [-0.3, -0.25) is 0 Å². The van der Waals surface area contributed by atoms with Crippen molar-refractivity contribution in [3.8, 4) is 12.3 Å². The number of nitrogens with zero attached hydrogens (tertiary/aromatic N) is 2. The molecule has 2 nitrogen and oxygen atoms in total. The number of hydrogen-bond acceptors (Lipinski definition) is 2. The summed E-state index contributed by atoms with van der Waals surface area (Å²) in [5.74, 6) is 2.42. The molecule has 1 aromatic rings. The van der Waals surface area contributed by atoms with E-state index in [9.17, 15) is 0 Å². The zero-order chi connectivity index (χ0) is 8.10. The van der Waals surface area contributed by atoms with Crippen molar-refractivity contribution in [1.82, 2.24) is 10.2 Å². The second kappa shape index (κ2) is 3.77. The second-order valence-electron chi connectivity index (χ2n) is 2.30. The highest BCUT2D eigenvalue weighted by atomic mass is 15.1. The van der Waals surface area contributed by atoms with Gasteiger partial charge in [-0.15, -0.1) is 11.5 Å². The molecule has 0 aliphatic carbocycles. The van der Waals surface area contributed by atoms with Crippen molar-refractivity contribution in [3.63, 3.8) is 0 Å². The lowest BCUT2D eigenvalue weighted by Crippen LogP contribution is -1.93. The van der Waals surface area contributed by atoms with Crippen LogP contribution in [-0.4, -0.2) is 18.0 Å². The van der Waals surface area contributed by atoms with Gasteiger partial charge in [0.15, 0.2) is 0 Å². The molecule has 0 N–H and O–H groups in total. The maximum absolute atomic E-state index is 5.12. The molecule has 1 aromatic heterocycles. The summed E-state index contributed by atoms with van der Waals surface area (Å²) in [4.78, 5) is 0. The molecule has 11 heavy (non-hydrogen) atoms. The first-order valence-electron chi connectivity index (χ1n) is 3.66. The molecule has 0 bridgehead atoms. The van der Waals surface area contributed by atoms with Crippen LogP contribution >= 0.6 is 0 Å². The van der Waals surface area contributed by atoms with E-state index >= 15 is 0 Å². The highest BCUT2D eigenvalue weighted by Gasteiger charge is 1.92. The van der Waals surface area contributed by atoms with Crippen molar-refractivity contribution >= 4 is 7.85 Å². The Hall–Kier alpha value is -1.30. The standard InChI is InChI=1S/C8H9BN2/c1-2-7-3-4-8(5-6-9)11-10-7/h1,3-4H,5-6,9H2. The van der Waals surface area contributed by atoms with Gasteiger partial charge in [0.05, 0.1) is 5.69 Å². The lowest BCUT2D eigenvalue weighted by molar-refractivity contribution is 0.909. The third-order valence-electron chi connectivity index (χ3n) is 1.37. The van der Waals surface area contributed by atoms with Crippen LogP contribution in [0.2, 0.25) is 6.32 Å². The third kappa shape index (κ3) is 2.08. The van der Waals surface area contributed by atoms with Gasteiger partial charge in [0.2, 0.25) is 0 Å². The number of aromatic nitrogens is 2. The van der Waals surface area contributed by atoms with E-state index in [2.05, 4.69) is 24.0 Å². The van der Waals surface area contributed by atoms with Gasteiger partial charge in [-0.25, -0.2) is 0 Å². The summed E-state index contributed by atoms with van der Waals surface area (Å²) in [6, 6.07) is 3.74. The van der Waals surface area contributed by atoms with Crippen LogP contribution in [-0.2, 0) is 6.42 Å². The Kier molecular flexibility index (Phi) is 2.68. The van der Waals surface area contributed by atoms with Gasteiger partial charge in [-0.2, -0.15) is 5.10 Å². The Morgan fingerprint density at radius 3 is 2.73 bits per heavy atom. The molecule has 0 saturated carbocycles. The lowest BCUT2D eigenvalue weighted by Gasteiger charge is -1.94. The molecule has 54 valence electrons. The molecule has 0 radical (unpaired) electrons. The molecule has 3 heteroatoms. The van der Waals surface area contributed by atoms with Gasteiger partial charge >= 0.3 is 0 Å². The van der Waals surface area contributed by atoms with Gasteiger partial charge in [0, 0.05) is 0 Å². The molecule has 0 aliphatic heterocycles. The van der Waals surface area contributed by atoms with Crippen molar-refractivity contribution in [1.29, 1.82) is 0 Å². The SMILES string of the molecule is BCCc1ccc(C#C)nn1. The molecule has 0 aromatic carbocycles. The number of aryl methyl sites for hydroxylation is 1. The van der Waals surface area contributed by atoms with Crippen LogP contribution in [0.3, 0.4) is 0 Å². The minimum Gasteiger partial charge on any atom is -0.154 e. The Labute approximate surface area is 67.4 Å². The molecule has 0 aliphatic rings. The molecular formula is C8H9BN2. The van der Waals surface area contributed by atoms with Crippen LogP contribution in [0.15, 0.2) is 12.1 Å². The van der Waals surface area contributed by atoms with E-state index in [4.69, 9.17) is 6.42 Å². The van der Waals surface area contributed by atoms with Crippen LogP contribution in [0.4, 0.5) is 0 Å². The normalized spacial score (nSPS) is 9.00. The Morgan fingerprint density at radius 1 is 1.45 bits per heavy atom. The van der Waals surface area contributed by atoms with Crippen LogP contribution < -0.4 is 0 Å². The topological polar surface area (TPSA) is 25.8 Å². The molecule has 1 rings (SSSR count). The minimum absolute atomic E-state index is 0.602. The van der Waals surface area contributed by atoms with Crippen molar-refractivity contribution < 1.29 is 0 Å². The Bertz CT molecular complexity index is 260. The van der Waals surface area contributed by atoms with Crippen LogP contribution in [0.25, 0.3) is 0 Å². The number of rotatable bonds is 2. The first-order chi connectivity index (χ1) is 5.36. The van der Waals surface area contributed by atoms with E-state index in [-0.39, 0.29) is 0 Å². The molecule has 0 amide bonds. The highest BCUT2D eigenvalue weighted by Crippen LogP contribution is 1.97. The summed E-state index contributed by atoms with van der Waals surface area (Å²) in [5.41, 5.74) is 1.61. The van der Waals surface area contributed by atoms with E-state index in [0.29, 0.717) is 5.69 Å². The minimum atomic E-state index is 0.602. The van der Waals surface area contributed by atoms with E-state index in [0.717, 1.165) is 18.4 Å². The van der Waals surface area contributed by atoms with E-state index in [1.54, 1.807) is 0 Å². The molecular weight excluding hydrogens is 135 g/mol. The van der Waals surface area contributed by atoms with Gasteiger partial charge < -0.3 is 0 Å². The quantitative estimate of drug-likeness (QED) is 0.433. The van der Waals surface area contributed by atoms with Crippen molar-refractivity contribution in [3.05, 3.63) is 23.5 Å². The van der Waals surface area contributed by atoms with Crippen LogP contribution in [0.1, 0.15) is 11.4 Å². The predicted molar refractivity (Wildman–Crippen MR) is 47.0 cm³/mol. The largest absolute Gasteiger partial charge is 0.154 e. The first-order valence-corrected chi connectivity index (χ1v) is 3.66. The van der Waals surface area contributed by atoms with Crippen molar-refractivity contribution in [2.24, 2.45) is 0 Å². The van der Waals surface area contributed by atoms with E-state index in [1.807, 2.05) is 12.1 Å². The molecule has 0 unspecified atom stereocenters. The zero-order valence-corrected chi connectivity index (χ0v) is 6.54. The highest BCUT2D eigenvalue weighted by molar-refractivity contribution is 6.08. The molecule has 0 saturated heterocycles. The fourth-order valence-corrected chi connectivity index (χ4v) is 0.826. The van der Waals surface area contributed by atoms with Crippen molar-refractivity contribution in [2.75, 3.05) is 0 Å². The summed E-state index contributed by atoms with van der Waals surface area (Å²) >= 11 is 0. The van der Waals surface area contributed by atoms with E-state index in [1.165, 1.54) is 0 Å². The summed E-state index contributed by atoms with van der Waals surface area (Å²) in [7, 11) is 2.11. The fraction of sp³-hybridized carbons (Fsp3) is 0.250. The van der Waals surface area contributed by atoms with Crippen LogP contribution in [0.5, 0.6) is 0 Å². The second-order valence-corrected chi connectivity index (χ2v) is 2.30. The smallest absolute Gasteiger partial charge is 0.135 e. The summed E-state index contributed by atoms with van der Waals surface area (Å²) in [6.07, 6.45) is 7.18. The van der Waals surface area contributed by atoms with Gasteiger partial charge in [-0.1, -0.05) is 6.32 Å². The fourth-order valence-electron chi connectivity index (χ4n) is 0.826. The van der Waals surface area contributed by atoms with Crippen LogP contribution in [0, 0.1) is 12.3 Å². The van der Waals surface area contributed by atoms with Gasteiger partial charge in [0.25, 0.3) is 0 Å². The van der Waals surface area contributed by atoms with Gasteiger partial charge in [-0.05, 0) is 24.5 Å². The Morgan fingerprint density at radius 2 is 2.27 bits per heavy atom. The molecule has 1 heterocycles. The molecule has 0 spiro atoms. The molecule has 0 fully saturated rings. The monoisotopic (exact) mass is 144 g/mol. The Balaban J connectivity index is 2.76. The maximum atomic E-state index is 5.12. The summed E-state index contributed by atoms with van der Waals surface area (Å²) < 4.78 is 0. The average Bonchev–Trinajstić information content (AvgIpc) is 2.07. The van der Waals surface area contributed by atoms with Crippen molar-refractivity contribution in [2.45, 2.75) is 12.7 Å². The van der Waals surface area contributed by atoms with Gasteiger partial charge in [0.1, 0.15) is 13.5 Å². The predicted octanol–water partition coefficient (Wildman–Crippen LogP) is 0.0518. The lowest BCUT2D eigenvalue weighted by atomic mass is 10.0. The first kappa shape index (κ1) is 7.81. The summed E-state index contributed by atoms with van der Waals surface area (Å²) in [6.45, 7) is 0. The van der Waals surface area contributed by atoms with E-state index < -0.39 is 0 Å².